The van der Waals surface area contributed by atoms with Crippen molar-refractivity contribution in [2.24, 2.45) is 0 Å². The lowest BCUT2D eigenvalue weighted by molar-refractivity contribution is -0.139. The molecule has 0 aliphatic rings. The molecule has 1 atom stereocenters. The van der Waals surface area contributed by atoms with Gasteiger partial charge in [-0.15, -0.1) is 0 Å². The van der Waals surface area contributed by atoms with Crippen molar-refractivity contribution in [1.82, 2.24) is 5.32 Å². The second-order valence-electron chi connectivity index (χ2n) is 4.28. The van der Waals surface area contributed by atoms with E-state index in [4.69, 9.17) is 14.6 Å². The molecule has 1 unspecified atom stereocenters. The van der Waals surface area contributed by atoms with Crippen LogP contribution in [-0.4, -0.2) is 43.9 Å². The Labute approximate surface area is 117 Å². The summed E-state index contributed by atoms with van der Waals surface area (Å²) in [5.74, 6) is -1.50. The van der Waals surface area contributed by atoms with E-state index in [0.717, 1.165) is 5.56 Å². The summed E-state index contributed by atoms with van der Waals surface area (Å²) in [6, 6.07) is 5.85. The number of methoxy groups -OCH3 is 2. The zero-order valence-electron chi connectivity index (χ0n) is 11.6. The van der Waals surface area contributed by atoms with Gasteiger partial charge in [-0.05, 0) is 17.7 Å². The van der Waals surface area contributed by atoms with Gasteiger partial charge in [0.1, 0.15) is 6.04 Å². The zero-order valence-corrected chi connectivity index (χ0v) is 11.6. The molecule has 0 aliphatic carbocycles. The van der Waals surface area contributed by atoms with E-state index in [0.29, 0.717) is 12.2 Å². The van der Waals surface area contributed by atoms with E-state index in [2.05, 4.69) is 5.32 Å². The first-order chi connectivity index (χ1) is 9.58. The maximum absolute atomic E-state index is 11.9. The molecular formula is C14H19NO5. The minimum atomic E-state index is -1.08. The number of ether oxygens (including phenoxy) is 2. The Balaban J connectivity index is 2.65. The van der Waals surface area contributed by atoms with Gasteiger partial charge in [0.05, 0.1) is 6.61 Å². The molecule has 1 aromatic rings. The van der Waals surface area contributed by atoms with Gasteiger partial charge in [0.15, 0.2) is 0 Å². The Bertz CT molecular complexity index is 443. The number of carbonyl (C=O) groups excluding carboxylic acids is 1. The van der Waals surface area contributed by atoms with Crippen LogP contribution in [0, 0.1) is 0 Å². The summed E-state index contributed by atoms with van der Waals surface area (Å²) in [5.41, 5.74) is 1.35. The van der Waals surface area contributed by atoms with Crippen LogP contribution in [-0.2, 0) is 20.9 Å². The third kappa shape index (κ3) is 4.99. The molecule has 110 valence electrons. The summed E-state index contributed by atoms with van der Waals surface area (Å²) in [6.45, 7) is 0.734. The molecule has 1 amide bonds. The van der Waals surface area contributed by atoms with Crippen LogP contribution in [0.25, 0.3) is 0 Å². The van der Waals surface area contributed by atoms with Crippen LogP contribution < -0.4 is 5.32 Å². The summed E-state index contributed by atoms with van der Waals surface area (Å²) >= 11 is 0. The Morgan fingerprint density at radius 1 is 1.20 bits per heavy atom. The number of carboxylic acids is 1. The highest BCUT2D eigenvalue weighted by atomic mass is 16.5. The van der Waals surface area contributed by atoms with Gasteiger partial charge in [-0.25, -0.2) is 4.79 Å². The second-order valence-corrected chi connectivity index (χ2v) is 4.28. The Hall–Kier alpha value is -1.92. The zero-order chi connectivity index (χ0) is 15.0. The lowest BCUT2D eigenvalue weighted by atomic mass is 10.1. The Morgan fingerprint density at radius 3 is 2.35 bits per heavy atom. The number of carbonyl (C=O) groups is 2. The molecule has 0 heterocycles. The van der Waals surface area contributed by atoms with E-state index in [-0.39, 0.29) is 13.0 Å². The fourth-order valence-electron chi connectivity index (χ4n) is 1.65. The number of hydrogen-bond acceptors (Lipinski definition) is 4. The molecule has 0 fully saturated rings. The van der Waals surface area contributed by atoms with Crippen LogP contribution in [0.3, 0.4) is 0 Å². The largest absolute Gasteiger partial charge is 0.480 e. The molecule has 0 aromatic heterocycles. The molecule has 20 heavy (non-hydrogen) atoms. The first-order valence-electron chi connectivity index (χ1n) is 6.19. The predicted octanol–water partition coefficient (Wildman–Crippen LogP) is 1.05. The number of rotatable bonds is 8. The van der Waals surface area contributed by atoms with Crippen molar-refractivity contribution in [1.29, 1.82) is 0 Å². The van der Waals surface area contributed by atoms with E-state index in [1.165, 1.54) is 7.11 Å². The minimum absolute atomic E-state index is 0.222. The summed E-state index contributed by atoms with van der Waals surface area (Å²) in [4.78, 5) is 23.0. The first kappa shape index (κ1) is 16.1. The molecule has 1 rings (SSSR count). The van der Waals surface area contributed by atoms with Gasteiger partial charge in [-0.3, -0.25) is 4.79 Å². The number of amides is 1. The molecule has 1 aromatic carbocycles. The second kappa shape index (κ2) is 8.29. The molecule has 6 heteroatoms. The molecule has 0 aliphatic heterocycles. The van der Waals surface area contributed by atoms with Crippen molar-refractivity contribution in [3.63, 3.8) is 0 Å². The summed E-state index contributed by atoms with van der Waals surface area (Å²) in [5, 5.41) is 11.5. The molecule has 2 N–H and O–H groups in total. The third-order valence-electron chi connectivity index (χ3n) is 2.74. The number of aliphatic carboxylic acids is 1. The number of carboxylic acid groups (broad SMARTS) is 1. The molecule has 6 nitrogen and oxygen atoms in total. The fourth-order valence-corrected chi connectivity index (χ4v) is 1.65. The molecule has 0 saturated heterocycles. The van der Waals surface area contributed by atoms with Crippen LogP contribution in [0.2, 0.25) is 0 Å². The summed E-state index contributed by atoms with van der Waals surface area (Å²) < 4.78 is 9.80. The average molecular weight is 281 g/mol. The van der Waals surface area contributed by atoms with E-state index in [9.17, 15) is 9.59 Å². The van der Waals surface area contributed by atoms with E-state index in [1.54, 1.807) is 31.4 Å². The minimum Gasteiger partial charge on any atom is -0.480 e. The van der Waals surface area contributed by atoms with Gasteiger partial charge in [-0.2, -0.15) is 0 Å². The van der Waals surface area contributed by atoms with Gasteiger partial charge in [0.2, 0.25) is 0 Å². The highest BCUT2D eigenvalue weighted by Crippen LogP contribution is 2.06. The lowest BCUT2D eigenvalue weighted by Crippen LogP contribution is -2.41. The molecule has 0 saturated carbocycles. The van der Waals surface area contributed by atoms with Crippen LogP contribution in [0.15, 0.2) is 24.3 Å². The fraction of sp³-hybridized carbons (Fsp3) is 0.429. The van der Waals surface area contributed by atoms with Gasteiger partial charge in [-0.1, -0.05) is 12.1 Å². The Morgan fingerprint density at radius 2 is 1.85 bits per heavy atom. The summed E-state index contributed by atoms with van der Waals surface area (Å²) in [6.07, 6.45) is 0.222. The number of benzene rings is 1. The van der Waals surface area contributed by atoms with Crippen molar-refractivity contribution in [3.8, 4) is 0 Å². The van der Waals surface area contributed by atoms with E-state index >= 15 is 0 Å². The van der Waals surface area contributed by atoms with Gasteiger partial charge < -0.3 is 19.9 Å². The van der Waals surface area contributed by atoms with Gasteiger partial charge in [0.25, 0.3) is 5.91 Å². The highest BCUT2D eigenvalue weighted by molar-refractivity contribution is 5.96. The quantitative estimate of drug-likeness (QED) is 0.744. The SMILES string of the molecule is COCCC(NC(=O)c1ccc(COC)cc1)C(=O)O. The van der Waals surface area contributed by atoms with E-state index in [1.807, 2.05) is 0 Å². The standard InChI is InChI=1S/C14H19NO5/c1-19-8-7-12(14(17)18)15-13(16)11-5-3-10(4-6-11)9-20-2/h3-6,12H,7-9H2,1-2H3,(H,15,16)(H,17,18). The predicted molar refractivity (Wildman–Crippen MR) is 72.5 cm³/mol. The third-order valence-corrected chi connectivity index (χ3v) is 2.74. The first-order valence-corrected chi connectivity index (χ1v) is 6.19. The van der Waals surface area contributed by atoms with Crippen molar-refractivity contribution >= 4 is 11.9 Å². The number of nitrogens with one attached hydrogen (secondary N) is 1. The summed E-state index contributed by atoms with van der Waals surface area (Å²) in [7, 11) is 3.07. The highest BCUT2D eigenvalue weighted by Gasteiger charge is 2.20. The molecule has 0 bridgehead atoms. The average Bonchev–Trinajstić information content (AvgIpc) is 2.44. The monoisotopic (exact) mass is 281 g/mol. The van der Waals surface area contributed by atoms with Crippen LogP contribution in [0.5, 0.6) is 0 Å². The van der Waals surface area contributed by atoms with Crippen molar-refractivity contribution in [2.75, 3.05) is 20.8 Å². The van der Waals surface area contributed by atoms with Gasteiger partial charge >= 0.3 is 5.97 Å². The van der Waals surface area contributed by atoms with Crippen LogP contribution in [0.1, 0.15) is 22.3 Å². The molecular weight excluding hydrogens is 262 g/mol. The van der Waals surface area contributed by atoms with Crippen molar-refractivity contribution < 1.29 is 24.2 Å². The van der Waals surface area contributed by atoms with Gasteiger partial charge in [0, 0.05) is 32.8 Å². The lowest BCUT2D eigenvalue weighted by Gasteiger charge is -2.14. The maximum Gasteiger partial charge on any atom is 0.326 e. The van der Waals surface area contributed by atoms with Crippen LogP contribution >= 0.6 is 0 Å². The van der Waals surface area contributed by atoms with Crippen molar-refractivity contribution in [2.45, 2.75) is 19.1 Å². The normalized spacial score (nSPS) is 11.9. The Kier molecular flexibility index (Phi) is 6.69. The van der Waals surface area contributed by atoms with Crippen molar-refractivity contribution in [3.05, 3.63) is 35.4 Å². The molecule has 0 spiro atoms. The smallest absolute Gasteiger partial charge is 0.326 e. The van der Waals surface area contributed by atoms with E-state index < -0.39 is 17.9 Å². The van der Waals surface area contributed by atoms with Crippen LogP contribution in [0.4, 0.5) is 0 Å². The maximum atomic E-state index is 11.9. The topological polar surface area (TPSA) is 84.9 Å². The molecule has 0 radical (unpaired) electrons. The number of hydrogen-bond donors (Lipinski definition) is 2.